The highest BCUT2D eigenvalue weighted by atomic mass is 32.2. The molecule has 1 aromatic carbocycles. The molecule has 26 heavy (non-hydrogen) atoms. The second-order valence-corrected chi connectivity index (χ2v) is 6.93. The summed E-state index contributed by atoms with van der Waals surface area (Å²) in [5, 5.41) is 0. The van der Waals surface area contributed by atoms with Crippen LogP contribution >= 0.6 is 11.8 Å². The van der Waals surface area contributed by atoms with E-state index >= 15 is 0 Å². The summed E-state index contributed by atoms with van der Waals surface area (Å²) in [5.74, 6) is 0.912. The highest BCUT2D eigenvalue weighted by Gasteiger charge is 2.35. The van der Waals surface area contributed by atoms with Crippen LogP contribution in [-0.4, -0.2) is 40.3 Å². The molecular formula is C18H19N3O4S. The lowest BCUT2D eigenvalue weighted by molar-refractivity contribution is -0.125. The van der Waals surface area contributed by atoms with E-state index in [0.717, 1.165) is 0 Å². The number of rotatable bonds is 3. The van der Waals surface area contributed by atoms with Gasteiger partial charge in [-0.25, -0.2) is 0 Å². The zero-order chi connectivity index (χ0) is 18.7. The fourth-order valence-electron chi connectivity index (χ4n) is 2.73. The van der Waals surface area contributed by atoms with Gasteiger partial charge in [0, 0.05) is 11.3 Å². The molecular weight excluding hydrogens is 354 g/mol. The quantitative estimate of drug-likeness (QED) is 0.802. The maximum Gasteiger partial charge on any atom is 0.273 e. The average Bonchev–Trinajstić information content (AvgIpc) is 3.26. The summed E-state index contributed by atoms with van der Waals surface area (Å²) in [6.45, 7) is 3.42. The van der Waals surface area contributed by atoms with Crippen molar-refractivity contribution in [3.63, 3.8) is 0 Å². The predicted molar refractivity (Wildman–Crippen MR) is 97.5 cm³/mol. The van der Waals surface area contributed by atoms with Crippen LogP contribution in [0.2, 0.25) is 0 Å². The van der Waals surface area contributed by atoms with E-state index in [1.54, 1.807) is 44.2 Å². The van der Waals surface area contributed by atoms with Crippen molar-refractivity contribution in [3.05, 3.63) is 59.0 Å². The molecule has 1 atom stereocenters. The van der Waals surface area contributed by atoms with Gasteiger partial charge >= 0.3 is 0 Å². The van der Waals surface area contributed by atoms with Crippen molar-refractivity contribution < 1.29 is 18.8 Å². The van der Waals surface area contributed by atoms with Gasteiger partial charge in [0.05, 0.1) is 11.4 Å². The van der Waals surface area contributed by atoms with Gasteiger partial charge in [-0.15, -0.1) is 11.8 Å². The summed E-state index contributed by atoms with van der Waals surface area (Å²) in [6, 6.07) is 9.78. The number of carbonyl (C=O) groups excluding carboxylic acids is 3. The van der Waals surface area contributed by atoms with Crippen LogP contribution in [0.5, 0.6) is 0 Å². The standard InChI is InChI=1S/C18H19N3O4S/c1-11-8-14(12(2)25-11)16(22)19-20-17(23)15-9-26-10-21(15)18(24)13-6-4-3-5-7-13/h3-8,15H,9-10H2,1-2H3,(H,19,22)(H,20,23)/t15-/m0/s1. The molecule has 2 aromatic rings. The number of aryl methyl sites for hydroxylation is 2. The molecule has 0 radical (unpaired) electrons. The number of hydrogen-bond acceptors (Lipinski definition) is 5. The molecule has 1 saturated heterocycles. The summed E-state index contributed by atoms with van der Waals surface area (Å²) in [6.07, 6.45) is 0. The number of thioether (sulfide) groups is 1. The van der Waals surface area contributed by atoms with Crippen LogP contribution in [0.15, 0.2) is 40.8 Å². The van der Waals surface area contributed by atoms with Crippen LogP contribution in [0.1, 0.15) is 32.2 Å². The molecule has 7 nitrogen and oxygen atoms in total. The van der Waals surface area contributed by atoms with Crippen LogP contribution < -0.4 is 10.9 Å². The fraction of sp³-hybridized carbons (Fsp3) is 0.278. The second-order valence-electron chi connectivity index (χ2n) is 5.93. The zero-order valence-corrected chi connectivity index (χ0v) is 15.3. The maximum absolute atomic E-state index is 12.6. The van der Waals surface area contributed by atoms with Crippen LogP contribution in [0, 0.1) is 13.8 Å². The summed E-state index contributed by atoms with van der Waals surface area (Å²) in [5.41, 5.74) is 5.68. The Balaban J connectivity index is 1.62. The number of furan rings is 1. The van der Waals surface area contributed by atoms with Gasteiger partial charge in [-0.05, 0) is 32.0 Å². The summed E-state index contributed by atoms with van der Waals surface area (Å²) < 4.78 is 5.31. The summed E-state index contributed by atoms with van der Waals surface area (Å²) >= 11 is 1.49. The summed E-state index contributed by atoms with van der Waals surface area (Å²) in [4.78, 5) is 38.7. The smallest absolute Gasteiger partial charge is 0.273 e. The lowest BCUT2D eigenvalue weighted by Crippen LogP contribution is -2.52. The Morgan fingerprint density at radius 1 is 1.15 bits per heavy atom. The van der Waals surface area contributed by atoms with Gasteiger partial charge in [0.1, 0.15) is 17.6 Å². The van der Waals surface area contributed by atoms with Crippen molar-refractivity contribution in [1.29, 1.82) is 0 Å². The van der Waals surface area contributed by atoms with Gasteiger partial charge in [0.15, 0.2) is 0 Å². The van der Waals surface area contributed by atoms with Crippen molar-refractivity contribution in [2.45, 2.75) is 19.9 Å². The fourth-order valence-corrected chi connectivity index (χ4v) is 3.89. The normalized spacial score (nSPS) is 16.4. The summed E-state index contributed by atoms with van der Waals surface area (Å²) in [7, 11) is 0. The van der Waals surface area contributed by atoms with Gasteiger partial charge in [0.2, 0.25) is 0 Å². The van der Waals surface area contributed by atoms with E-state index in [0.29, 0.717) is 34.3 Å². The number of carbonyl (C=O) groups is 3. The molecule has 0 spiro atoms. The topological polar surface area (TPSA) is 91.7 Å². The largest absolute Gasteiger partial charge is 0.466 e. The molecule has 0 saturated carbocycles. The van der Waals surface area contributed by atoms with Gasteiger partial charge in [-0.1, -0.05) is 18.2 Å². The van der Waals surface area contributed by atoms with E-state index in [4.69, 9.17) is 4.42 Å². The number of hydrazine groups is 1. The molecule has 136 valence electrons. The van der Waals surface area contributed by atoms with Gasteiger partial charge < -0.3 is 9.32 Å². The third-order valence-corrected chi connectivity index (χ3v) is 5.06. The molecule has 8 heteroatoms. The number of nitrogens with one attached hydrogen (secondary N) is 2. The molecule has 0 aliphatic carbocycles. The lowest BCUT2D eigenvalue weighted by atomic mass is 10.1. The molecule has 2 N–H and O–H groups in total. The molecule has 1 aromatic heterocycles. The monoisotopic (exact) mass is 373 g/mol. The first-order valence-electron chi connectivity index (χ1n) is 8.08. The lowest BCUT2D eigenvalue weighted by Gasteiger charge is -2.23. The van der Waals surface area contributed by atoms with E-state index in [1.807, 2.05) is 6.07 Å². The Labute approximate surface area is 155 Å². The molecule has 3 amide bonds. The van der Waals surface area contributed by atoms with Gasteiger partial charge in [-0.2, -0.15) is 0 Å². The number of hydrogen-bond donors (Lipinski definition) is 2. The highest BCUT2D eigenvalue weighted by Crippen LogP contribution is 2.23. The van der Waals surface area contributed by atoms with E-state index in [9.17, 15) is 14.4 Å². The second kappa shape index (κ2) is 7.65. The molecule has 1 aliphatic heterocycles. The van der Waals surface area contributed by atoms with E-state index < -0.39 is 17.9 Å². The van der Waals surface area contributed by atoms with Crippen molar-refractivity contribution in [2.75, 3.05) is 11.6 Å². The molecule has 2 heterocycles. The third-order valence-electron chi connectivity index (χ3n) is 4.05. The van der Waals surface area contributed by atoms with Gasteiger partial charge in [-0.3, -0.25) is 25.2 Å². The number of benzene rings is 1. The van der Waals surface area contributed by atoms with E-state index in [1.165, 1.54) is 16.7 Å². The molecule has 0 unspecified atom stereocenters. The van der Waals surface area contributed by atoms with Crippen molar-refractivity contribution in [2.24, 2.45) is 0 Å². The predicted octanol–water partition coefficient (Wildman–Crippen LogP) is 1.87. The van der Waals surface area contributed by atoms with Crippen molar-refractivity contribution in [1.82, 2.24) is 15.8 Å². The maximum atomic E-state index is 12.6. The van der Waals surface area contributed by atoms with E-state index in [-0.39, 0.29) is 5.91 Å². The Morgan fingerprint density at radius 2 is 1.88 bits per heavy atom. The minimum Gasteiger partial charge on any atom is -0.466 e. The third kappa shape index (κ3) is 3.75. The van der Waals surface area contributed by atoms with Gasteiger partial charge in [0.25, 0.3) is 17.7 Å². The Morgan fingerprint density at radius 3 is 2.54 bits per heavy atom. The molecule has 1 aliphatic rings. The molecule has 0 bridgehead atoms. The van der Waals surface area contributed by atoms with Crippen LogP contribution in [-0.2, 0) is 4.79 Å². The first-order chi connectivity index (χ1) is 12.5. The van der Waals surface area contributed by atoms with Crippen LogP contribution in [0.25, 0.3) is 0 Å². The first-order valence-corrected chi connectivity index (χ1v) is 9.24. The first kappa shape index (κ1) is 18.1. The Hall–Kier alpha value is -2.74. The van der Waals surface area contributed by atoms with Crippen molar-refractivity contribution >= 4 is 29.5 Å². The van der Waals surface area contributed by atoms with Crippen molar-refractivity contribution in [3.8, 4) is 0 Å². The van der Waals surface area contributed by atoms with Crippen LogP contribution in [0.3, 0.4) is 0 Å². The Bertz CT molecular complexity index is 834. The Kier molecular flexibility index (Phi) is 5.32. The SMILES string of the molecule is Cc1cc(C(=O)NNC(=O)[C@@H]2CSCN2C(=O)c2ccccc2)c(C)o1. The minimum absolute atomic E-state index is 0.205. The average molecular weight is 373 g/mol. The molecule has 1 fully saturated rings. The minimum atomic E-state index is -0.639. The number of nitrogens with zero attached hydrogens (tertiary/aromatic N) is 1. The molecule has 3 rings (SSSR count). The number of amides is 3. The van der Waals surface area contributed by atoms with E-state index in [2.05, 4.69) is 10.9 Å². The zero-order valence-electron chi connectivity index (χ0n) is 14.4. The highest BCUT2D eigenvalue weighted by molar-refractivity contribution is 7.99. The van der Waals surface area contributed by atoms with Crippen LogP contribution in [0.4, 0.5) is 0 Å².